The van der Waals surface area contributed by atoms with Gasteiger partial charge in [-0.2, -0.15) is 0 Å². The quantitative estimate of drug-likeness (QED) is 0.592. The zero-order valence-corrected chi connectivity index (χ0v) is 11.3. The van der Waals surface area contributed by atoms with E-state index in [0.29, 0.717) is 0 Å². The normalized spacial score (nSPS) is 19.2. The Labute approximate surface area is 105 Å². The van der Waals surface area contributed by atoms with Crippen LogP contribution in [0, 0.1) is 0 Å². The molecular weight excluding hydrogens is 204 g/mol. The summed E-state index contributed by atoms with van der Waals surface area (Å²) in [4.78, 5) is 0. The lowest BCUT2D eigenvalue weighted by molar-refractivity contribution is 0.590. The van der Waals surface area contributed by atoms with Crippen molar-refractivity contribution in [2.45, 2.75) is 58.3 Å². The highest BCUT2D eigenvalue weighted by Crippen LogP contribution is 2.42. The lowest BCUT2D eigenvalue weighted by atomic mass is 9.84. The largest absolute Gasteiger partial charge is 0.0620 e. The molecular formula is C17H22. The van der Waals surface area contributed by atoms with Gasteiger partial charge in [-0.05, 0) is 59.8 Å². The fraction of sp³-hybridized carbons (Fsp3) is 0.529. The van der Waals surface area contributed by atoms with Gasteiger partial charge in [0, 0.05) is 0 Å². The first-order valence-electron chi connectivity index (χ1n) is 6.90. The van der Waals surface area contributed by atoms with Crippen LogP contribution in [-0.2, 0) is 11.8 Å². The van der Waals surface area contributed by atoms with Gasteiger partial charge in [-0.15, -0.1) is 0 Å². The van der Waals surface area contributed by atoms with Gasteiger partial charge in [0.05, 0.1) is 0 Å². The van der Waals surface area contributed by atoms with Crippen LogP contribution in [0.5, 0.6) is 0 Å². The first kappa shape index (κ1) is 11.1. The Morgan fingerprint density at radius 1 is 1.00 bits per heavy atom. The van der Waals surface area contributed by atoms with Crippen LogP contribution < -0.4 is 0 Å². The van der Waals surface area contributed by atoms with E-state index in [-0.39, 0.29) is 5.41 Å². The maximum Gasteiger partial charge on any atom is -0.00550 e. The lowest BCUT2D eigenvalue weighted by Crippen LogP contribution is -2.11. The molecule has 17 heavy (non-hydrogen) atoms. The van der Waals surface area contributed by atoms with Crippen LogP contribution in [0.4, 0.5) is 0 Å². The molecule has 0 radical (unpaired) electrons. The van der Waals surface area contributed by atoms with E-state index in [4.69, 9.17) is 0 Å². The number of benzene rings is 1. The molecule has 1 aromatic carbocycles. The third-order valence-electron chi connectivity index (χ3n) is 4.29. The molecule has 0 saturated carbocycles. The van der Waals surface area contributed by atoms with E-state index >= 15 is 0 Å². The highest BCUT2D eigenvalue weighted by molar-refractivity contribution is 5.77. The second-order valence-corrected chi connectivity index (χ2v) is 6.59. The first-order valence-corrected chi connectivity index (χ1v) is 6.90. The van der Waals surface area contributed by atoms with Crippen molar-refractivity contribution in [1.29, 1.82) is 0 Å². The second kappa shape index (κ2) is 3.73. The SMILES string of the molecule is CC(C)(C)c1ccc2c(c1)C1=C(CCCC1)C2. The number of hydrogen-bond acceptors (Lipinski definition) is 0. The van der Waals surface area contributed by atoms with Crippen molar-refractivity contribution in [3.63, 3.8) is 0 Å². The van der Waals surface area contributed by atoms with Crippen LogP contribution in [-0.4, -0.2) is 0 Å². The average Bonchev–Trinajstić information content (AvgIpc) is 2.65. The number of allylic oxidation sites excluding steroid dienone is 2. The molecule has 1 aromatic rings. The summed E-state index contributed by atoms with van der Waals surface area (Å²) in [6, 6.07) is 7.16. The maximum atomic E-state index is 2.46. The summed E-state index contributed by atoms with van der Waals surface area (Å²) < 4.78 is 0. The van der Waals surface area contributed by atoms with E-state index < -0.39 is 0 Å². The number of fused-ring (bicyclic) bond motifs is 2. The van der Waals surface area contributed by atoms with E-state index in [9.17, 15) is 0 Å². The van der Waals surface area contributed by atoms with Gasteiger partial charge in [0.25, 0.3) is 0 Å². The highest BCUT2D eigenvalue weighted by atomic mass is 14.3. The summed E-state index contributed by atoms with van der Waals surface area (Å²) in [7, 11) is 0. The van der Waals surface area contributed by atoms with Crippen molar-refractivity contribution < 1.29 is 0 Å². The average molecular weight is 226 g/mol. The zero-order valence-electron chi connectivity index (χ0n) is 11.3. The van der Waals surface area contributed by atoms with E-state index in [1.807, 2.05) is 0 Å². The predicted molar refractivity (Wildman–Crippen MR) is 74.2 cm³/mol. The fourth-order valence-electron chi connectivity index (χ4n) is 3.20. The molecule has 0 spiro atoms. The minimum atomic E-state index is 0.271. The Morgan fingerprint density at radius 2 is 1.76 bits per heavy atom. The Balaban J connectivity index is 2.07. The monoisotopic (exact) mass is 226 g/mol. The molecule has 3 rings (SSSR count). The highest BCUT2D eigenvalue weighted by Gasteiger charge is 2.25. The minimum Gasteiger partial charge on any atom is -0.0620 e. The van der Waals surface area contributed by atoms with Gasteiger partial charge < -0.3 is 0 Å². The molecule has 0 nitrogen and oxygen atoms in total. The molecule has 90 valence electrons. The van der Waals surface area contributed by atoms with Crippen LogP contribution in [0.25, 0.3) is 5.57 Å². The van der Waals surface area contributed by atoms with E-state index in [0.717, 1.165) is 0 Å². The summed E-state index contributed by atoms with van der Waals surface area (Å²) in [6.07, 6.45) is 6.68. The van der Waals surface area contributed by atoms with Crippen LogP contribution >= 0.6 is 0 Å². The topological polar surface area (TPSA) is 0 Å². The molecule has 2 aliphatic carbocycles. The molecule has 0 amide bonds. The maximum absolute atomic E-state index is 2.46. The minimum absolute atomic E-state index is 0.271. The Kier molecular flexibility index (Phi) is 2.43. The van der Waals surface area contributed by atoms with Crippen molar-refractivity contribution in [2.24, 2.45) is 0 Å². The molecule has 0 saturated heterocycles. The molecule has 0 fully saturated rings. The van der Waals surface area contributed by atoms with Crippen molar-refractivity contribution in [1.82, 2.24) is 0 Å². The van der Waals surface area contributed by atoms with Crippen molar-refractivity contribution in [2.75, 3.05) is 0 Å². The van der Waals surface area contributed by atoms with Crippen LogP contribution in [0.3, 0.4) is 0 Å². The van der Waals surface area contributed by atoms with Gasteiger partial charge in [0.1, 0.15) is 0 Å². The molecule has 2 aliphatic rings. The zero-order chi connectivity index (χ0) is 12.0. The van der Waals surface area contributed by atoms with Crippen LogP contribution in [0.2, 0.25) is 0 Å². The third-order valence-corrected chi connectivity index (χ3v) is 4.29. The Hall–Kier alpha value is -1.04. The third kappa shape index (κ3) is 1.84. The molecule has 0 aromatic heterocycles. The first-order chi connectivity index (χ1) is 8.05. The lowest BCUT2D eigenvalue weighted by Gasteiger charge is -2.21. The summed E-state index contributed by atoms with van der Waals surface area (Å²) in [6.45, 7) is 6.92. The van der Waals surface area contributed by atoms with Gasteiger partial charge in [0.2, 0.25) is 0 Å². The van der Waals surface area contributed by atoms with E-state index in [2.05, 4.69) is 39.0 Å². The second-order valence-electron chi connectivity index (χ2n) is 6.59. The van der Waals surface area contributed by atoms with Gasteiger partial charge >= 0.3 is 0 Å². The summed E-state index contributed by atoms with van der Waals surface area (Å²) in [5.41, 5.74) is 8.33. The van der Waals surface area contributed by atoms with Crippen molar-refractivity contribution in [3.05, 3.63) is 40.5 Å². The van der Waals surface area contributed by atoms with Crippen molar-refractivity contribution >= 4 is 5.57 Å². The van der Waals surface area contributed by atoms with Gasteiger partial charge in [-0.25, -0.2) is 0 Å². The van der Waals surface area contributed by atoms with Gasteiger partial charge in [0.15, 0.2) is 0 Å². The summed E-state index contributed by atoms with van der Waals surface area (Å²) >= 11 is 0. The van der Waals surface area contributed by atoms with Gasteiger partial charge in [-0.3, -0.25) is 0 Å². The molecule has 0 unspecified atom stereocenters. The molecule has 0 atom stereocenters. The summed E-state index contributed by atoms with van der Waals surface area (Å²) in [5, 5.41) is 0. The molecule has 0 heteroatoms. The van der Waals surface area contributed by atoms with E-state index in [1.54, 1.807) is 22.3 Å². The van der Waals surface area contributed by atoms with Crippen LogP contribution in [0.1, 0.15) is 63.1 Å². The fourth-order valence-corrected chi connectivity index (χ4v) is 3.20. The number of hydrogen-bond donors (Lipinski definition) is 0. The van der Waals surface area contributed by atoms with E-state index in [1.165, 1.54) is 37.7 Å². The predicted octanol–water partition coefficient (Wildman–Crippen LogP) is 4.87. The Bertz CT molecular complexity index is 483. The molecule has 0 aliphatic heterocycles. The summed E-state index contributed by atoms with van der Waals surface area (Å²) in [5.74, 6) is 0. The molecule has 0 N–H and O–H groups in total. The molecule has 0 heterocycles. The smallest absolute Gasteiger partial charge is 0.00550 e. The van der Waals surface area contributed by atoms with Crippen LogP contribution in [0.15, 0.2) is 23.8 Å². The standard InChI is InChI=1S/C17H22/c1-17(2,3)14-9-8-13-10-12-6-4-5-7-15(12)16(13)11-14/h8-9,11H,4-7,10H2,1-3H3. The molecule has 0 bridgehead atoms. The Morgan fingerprint density at radius 3 is 2.53 bits per heavy atom. The van der Waals surface area contributed by atoms with Gasteiger partial charge in [-0.1, -0.05) is 44.5 Å². The van der Waals surface area contributed by atoms with Crippen molar-refractivity contribution in [3.8, 4) is 0 Å². The number of rotatable bonds is 0.